The van der Waals surface area contributed by atoms with Gasteiger partial charge in [-0.15, -0.1) is 11.8 Å². The van der Waals surface area contributed by atoms with Crippen molar-refractivity contribution in [2.45, 2.75) is 20.3 Å². The first-order valence-electron chi connectivity index (χ1n) is 2.68. The van der Waals surface area contributed by atoms with E-state index >= 15 is 0 Å². The van der Waals surface area contributed by atoms with Crippen LogP contribution < -0.4 is 0 Å². The van der Waals surface area contributed by atoms with Crippen LogP contribution in [0.1, 0.15) is 20.3 Å². The first-order valence-corrected chi connectivity index (χ1v) is 3.73. The minimum atomic E-state index is 1.16. The molecule has 0 heterocycles. The van der Waals surface area contributed by atoms with Crippen LogP contribution in [0.3, 0.4) is 0 Å². The lowest BCUT2D eigenvalue weighted by Crippen LogP contribution is -1.56. The number of allylic oxidation sites excluding steroid dienone is 1. The third-order valence-electron chi connectivity index (χ3n) is 0.595. The molecule has 0 aliphatic rings. The molecule has 0 aromatic heterocycles. The molecular formula is C6H12S. The zero-order chi connectivity index (χ0) is 5.54. The van der Waals surface area contributed by atoms with Gasteiger partial charge in [0.2, 0.25) is 0 Å². The maximum Gasteiger partial charge on any atom is -0.00546 e. The molecule has 42 valence electrons. The lowest BCUT2D eigenvalue weighted by atomic mass is 10.5. The fourth-order valence-electron chi connectivity index (χ4n) is 0.260. The number of thioether (sulfide) groups is 1. The summed E-state index contributed by atoms with van der Waals surface area (Å²) in [6, 6.07) is 0. The van der Waals surface area contributed by atoms with Gasteiger partial charge in [-0.1, -0.05) is 19.9 Å². The van der Waals surface area contributed by atoms with Gasteiger partial charge in [-0.25, -0.2) is 0 Å². The van der Waals surface area contributed by atoms with Crippen molar-refractivity contribution in [1.82, 2.24) is 0 Å². The third kappa shape index (κ3) is 6.09. The van der Waals surface area contributed by atoms with Gasteiger partial charge in [-0.05, 0) is 17.6 Å². The summed E-state index contributed by atoms with van der Waals surface area (Å²) in [7, 11) is 0. The SMILES string of the molecule is CC/C=C\SCC. The van der Waals surface area contributed by atoms with Gasteiger partial charge in [0.05, 0.1) is 0 Å². The third-order valence-corrected chi connectivity index (χ3v) is 1.31. The minimum absolute atomic E-state index is 1.16. The van der Waals surface area contributed by atoms with Crippen LogP contribution in [0.15, 0.2) is 11.5 Å². The highest BCUT2D eigenvalue weighted by molar-refractivity contribution is 8.02. The lowest BCUT2D eigenvalue weighted by molar-refractivity contribution is 1.23. The van der Waals surface area contributed by atoms with E-state index in [-0.39, 0.29) is 0 Å². The van der Waals surface area contributed by atoms with Crippen LogP contribution in [0.2, 0.25) is 0 Å². The van der Waals surface area contributed by atoms with E-state index in [2.05, 4.69) is 25.3 Å². The summed E-state index contributed by atoms with van der Waals surface area (Å²) >= 11 is 1.85. The second-order valence-corrected chi connectivity index (χ2v) is 2.42. The molecule has 0 atom stereocenters. The molecule has 0 rings (SSSR count). The number of hydrogen-bond donors (Lipinski definition) is 0. The summed E-state index contributed by atoms with van der Waals surface area (Å²) in [4.78, 5) is 0. The zero-order valence-electron chi connectivity index (χ0n) is 4.98. The first kappa shape index (κ1) is 7.09. The molecule has 0 N–H and O–H groups in total. The zero-order valence-corrected chi connectivity index (χ0v) is 5.79. The van der Waals surface area contributed by atoms with Crippen molar-refractivity contribution in [3.05, 3.63) is 11.5 Å². The Morgan fingerprint density at radius 2 is 2.14 bits per heavy atom. The molecule has 0 spiro atoms. The van der Waals surface area contributed by atoms with E-state index in [1.807, 2.05) is 11.8 Å². The van der Waals surface area contributed by atoms with E-state index in [0.29, 0.717) is 0 Å². The van der Waals surface area contributed by atoms with Crippen molar-refractivity contribution in [3.63, 3.8) is 0 Å². The molecular weight excluding hydrogens is 104 g/mol. The Bertz CT molecular complexity index is 48.1. The molecule has 0 radical (unpaired) electrons. The summed E-state index contributed by atoms with van der Waals surface area (Å²) in [5, 5.41) is 2.15. The van der Waals surface area contributed by atoms with Crippen molar-refractivity contribution in [2.75, 3.05) is 5.75 Å². The van der Waals surface area contributed by atoms with Gasteiger partial charge in [-0.3, -0.25) is 0 Å². The normalized spacial score (nSPS) is 10.6. The molecule has 0 aromatic carbocycles. The summed E-state index contributed by atoms with van der Waals surface area (Å²) in [5.41, 5.74) is 0. The predicted octanol–water partition coefficient (Wildman–Crippen LogP) is 2.66. The Morgan fingerprint density at radius 1 is 1.43 bits per heavy atom. The van der Waals surface area contributed by atoms with Crippen LogP contribution in [0.5, 0.6) is 0 Å². The van der Waals surface area contributed by atoms with Gasteiger partial charge >= 0.3 is 0 Å². The van der Waals surface area contributed by atoms with Gasteiger partial charge in [-0.2, -0.15) is 0 Å². The maximum absolute atomic E-state index is 2.17. The molecule has 0 fully saturated rings. The van der Waals surface area contributed by atoms with Crippen LogP contribution in [-0.2, 0) is 0 Å². The summed E-state index contributed by atoms with van der Waals surface area (Å²) in [6.45, 7) is 4.30. The molecule has 0 unspecified atom stereocenters. The highest BCUT2D eigenvalue weighted by atomic mass is 32.2. The average Bonchev–Trinajstić information content (AvgIpc) is 1.69. The fourth-order valence-corrected chi connectivity index (χ4v) is 0.781. The van der Waals surface area contributed by atoms with Crippen molar-refractivity contribution in [2.24, 2.45) is 0 Å². The first-order chi connectivity index (χ1) is 3.41. The van der Waals surface area contributed by atoms with E-state index in [4.69, 9.17) is 0 Å². The fraction of sp³-hybridized carbons (Fsp3) is 0.667. The predicted molar refractivity (Wildman–Crippen MR) is 37.6 cm³/mol. The Hall–Kier alpha value is 0.0900. The second kappa shape index (κ2) is 6.09. The standard InChI is InChI=1S/C6H12S/c1-3-5-6-7-4-2/h5-6H,3-4H2,1-2H3/b6-5-. The highest BCUT2D eigenvalue weighted by Crippen LogP contribution is 1.99. The molecule has 1 heteroatoms. The largest absolute Gasteiger partial charge is 0.135 e. The van der Waals surface area contributed by atoms with Gasteiger partial charge in [0.15, 0.2) is 0 Å². The molecule has 0 saturated carbocycles. The summed E-state index contributed by atoms with van der Waals surface area (Å²) in [5.74, 6) is 1.19. The summed E-state index contributed by atoms with van der Waals surface area (Å²) in [6.07, 6.45) is 3.33. The van der Waals surface area contributed by atoms with Crippen LogP contribution in [0.25, 0.3) is 0 Å². The molecule has 0 bridgehead atoms. The van der Waals surface area contributed by atoms with E-state index in [9.17, 15) is 0 Å². The van der Waals surface area contributed by atoms with Gasteiger partial charge in [0.25, 0.3) is 0 Å². The van der Waals surface area contributed by atoms with E-state index < -0.39 is 0 Å². The van der Waals surface area contributed by atoms with Crippen molar-refractivity contribution >= 4 is 11.8 Å². The van der Waals surface area contributed by atoms with Crippen molar-refractivity contribution < 1.29 is 0 Å². The Balaban J connectivity index is 2.78. The van der Waals surface area contributed by atoms with Crippen molar-refractivity contribution in [1.29, 1.82) is 0 Å². The van der Waals surface area contributed by atoms with E-state index in [1.54, 1.807) is 0 Å². The van der Waals surface area contributed by atoms with Crippen LogP contribution in [0, 0.1) is 0 Å². The Morgan fingerprint density at radius 3 is 2.57 bits per heavy atom. The van der Waals surface area contributed by atoms with Crippen LogP contribution >= 0.6 is 11.8 Å². The lowest BCUT2D eigenvalue weighted by Gasteiger charge is -1.80. The quantitative estimate of drug-likeness (QED) is 0.546. The second-order valence-electron chi connectivity index (χ2n) is 1.24. The molecule has 0 amide bonds. The molecule has 0 nitrogen and oxygen atoms in total. The van der Waals surface area contributed by atoms with E-state index in [0.717, 1.165) is 6.42 Å². The van der Waals surface area contributed by atoms with Crippen LogP contribution in [-0.4, -0.2) is 5.75 Å². The number of rotatable bonds is 3. The summed E-state index contributed by atoms with van der Waals surface area (Å²) < 4.78 is 0. The van der Waals surface area contributed by atoms with Crippen LogP contribution in [0.4, 0.5) is 0 Å². The smallest absolute Gasteiger partial charge is 0.00546 e. The average molecular weight is 116 g/mol. The van der Waals surface area contributed by atoms with Crippen molar-refractivity contribution in [3.8, 4) is 0 Å². The van der Waals surface area contributed by atoms with E-state index in [1.165, 1.54) is 5.75 Å². The molecule has 0 aliphatic heterocycles. The molecule has 0 saturated heterocycles. The molecule has 0 aromatic rings. The number of hydrogen-bond acceptors (Lipinski definition) is 1. The monoisotopic (exact) mass is 116 g/mol. The van der Waals surface area contributed by atoms with Gasteiger partial charge in [0.1, 0.15) is 0 Å². The molecule has 7 heavy (non-hydrogen) atoms. The Labute approximate surface area is 50.0 Å². The maximum atomic E-state index is 2.17. The van der Waals surface area contributed by atoms with Gasteiger partial charge in [0, 0.05) is 0 Å². The topological polar surface area (TPSA) is 0 Å². The highest BCUT2D eigenvalue weighted by Gasteiger charge is 1.67. The Kier molecular flexibility index (Phi) is 6.17. The minimum Gasteiger partial charge on any atom is -0.135 e. The molecule has 0 aliphatic carbocycles. The van der Waals surface area contributed by atoms with Gasteiger partial charge < -0.3 is 0 Å².